The van der Waals surface area contributed by atoms with E-state index >= 15 is 0 Å². The molecule has 0 aromatic heterocycles. The van der Waals surface area contributed by atoms with Gasteiger partial charge in [-0.15, -0.1) is 0 Å². The molecule has 3 rings (SSSR count). The Morgan fingerprint density at radius 1 is 1.24 bits per heavy atom. The Morgan fingerprint density at radius 3 is 2.62 bits per heavy atom. The Morgan fingerprint density at radius 2 is 1.90 bits per heavy atom. The standard InChI is InChI=1S/C16H24N2O3/c1-16(3-5-18(2)6-4-16)10-17-9-12-7-14-15(8-13(12)19)21-11-20-14/h7-8,17,19H,3-6,9-11H2,1-2H3. The molecule has 116 valence electrons. The molecule has 0 atom stereocenters. The third-order valence-electron chi connectivity index (χ3n) is 4.64. The first-order valence-electron chi connectivity index (χ1n) is 7.56. The van der Waals surface area contributed by atoms with E-state index in [-0.39, 0.29) is 12.5 Å². The zero-order chi connectivity index (χ0) is 14.9. The van der Waals surface area contributed by atoms with Crippen LogP contribution in [-0.4, -0.2) is 43.5 Å². The van der Waals surface area contributed by atoms with Gasteiger partial charge in [0.25, 0.3) is 0 Å². The van der Waals surface area contributed by atoms with E-state index in [1.54, 1.807) is 6.07 Å². The van der Waals surface area contributed by atoms with E-state index < -0.39 is 0 Å². The maximum Gasteiger partial charge on any atom is 0.231 e. The van der Waals surface area contributed by atoms with Gasteiger partial charge in [-0.1, -0.05) is 6.92 Å². The predicted molar refractivity (Wildman–Crippen MR) is 80.8 cm³/mol. The van der Waals surface area contributed by atoms with Crippen molar-refractivity contribution in [2.75, 3.05) is 33.5 Å². The minimum absolute atomic E-state index is 0.233. The molecule has 0 aliphatic carbocycles. The molecule has 1 saturated heterocycles. The fourth-order valence-corrected chi connectivity index (χ4v) is 2.95. The number of phenols is 1. The summed E-state index contributed by atoms with van der Waals surface area (Å²) in [6.45, 7) is 6.51. The van der Waals surface area contributed by atoms with Crippen LogP contribution in [0.15, 0.2) is 12.1 Å². The van der Waals surface area contributed by atoms with Crippen LogP contribution in [0.2, 0.25) is 0 Å². The Bertz CT molecular complexity index is 510. The van der Waals surface area contributed by atoms with E-state index in [0.29, 0.717) is 17.7 Å². The van der Waals surface area contributed by atoms with Crippen LogP contribution in [0.5, 0.6) is 17.2 Å². The van der Waals surface area contributed by atoms with Crippen molar-refractivity contribution < 1.29 is 14.6 Å². The van der Waals surface area contributed by atoms with Crippen molar-refractivity contribution >= 4 is 0 Å². The van der Waals surface area contributed by atoms with Crippen LogP contribution in [0.1, 0.15) is 25.3 Å². The maximum absolute atomic E-state index is 10.0. The second kappa shape index (κ2) is 5.73. The minimum atomic E-state index is 0.233. The second-order valence-corrected chi connectivity index (χ2v) is 6.55. The topological polar surface area (TPSA) is 54.0 Å². The minimum Gasteiger partial charge on any atom is -0.507 e. The number of nitrogens with one attached hydrogen (secondary N) is 1. The summed E-state index contributed by atoms with van der Waals surface area (Å²) in [5, 5.41) is 13.5. The van der Waals surface area contributed by atoms with Gasteiger partial charge in [0.2, 0.25) is 6.79 Å². The number of hydrogen-bond donors (Lipinski definition) is 2. The van der Waals surface area contributed by atoms with Gasteiger partial charge in [0.1, 0.15) is 5.75 Å². The number of hydrogen-bond acceptors (Lipinski definition) is 5. The molecule has 1 aromatic carbocycles. The molecule has 0 amide bonds. The van der Waals surface area contributed by atoms with Crippen LogP contribution in [0, 0.1) is 5.41 Å². The summed E-state index contributed by atoms with van der Waals surface area (Å²) >= 11 is 0. The lowest BCUT2D eigenvalue weighted by molar-refractivity contribution is 0.136. The molecule has 0 saturated carbocycles. The molecule has 1 aromatic rings. The first-order chi connectivity index (χ1) is 10.1. The van der Waals surface area contributed by atoms with E-state index in [0.717, 1.165) is 30.9 Å². The molecule has 2 N–H and O–H groups in total. The highest BCUT2D eigenvalue weighted by molar-refractivity contribution is 5.51. The molecule has 1 fully saturated rings. The zero-order valence-corrected chi connectivity index (χ0v) is 12.8. The molecule has 0 radical (unpaired) electrons. The summed E-state index contributed by atoms with van der Waals surface area (Å²) in [5.74, 6) is 1.61. The third-order valence-corrected chi connectivity index (χ3v) is 4.64. The van der Waals surface area contributed by atoms with Crippen LogP contribution in [0.3, 0.4) is 0 Å². The SMILES string of the molecule is CN1CCC(C)(CNCc2cc3c(cc2O)OCO3)CC1. The first kappa shape index (κ1) is 14.5. The normalized spacial score (nSPS) is 20.7. The van der Waals surface area contributed by atoms with Crippen LogP contribution >= 0.6 is 0 Å². The second-order valence-electron chi connectivity index (χ2n) is 6.55. The van der Waals surface area contributed by atoms with Gasteiger partial charge < -0.3 is 24.8 Å². The van der Waals surface area contributed by atoms with Crippen LogP contribution < -0.4 is 14.8 Å². The van der Waals surface area contributed by atoms with Gasteiger partial charge >= 0.3 is 0 Å². The largest absolute Gasteiger partial charge is 0.507 e. The fourth-order valence-electron chi connectivity index (χ4n) is 2.95. The van der Waals surface area contributed by atoms with Crippen molar-refractivity contribution in [3.05, 3.63) is 17.7 Å². The van der Waals surface area contributed by atoms with Gasteiger partial charge in [-0.3, -0.25) is 0 Å². The van der Waals surface area contributed by atoms with Crippen molar-refractivity contribution in [1.29, 1.82) is 0 Å². The molecule has 0 bridgehead atoms. The summed E-state index contributed by atoms with van der Waals surface area (Å²) in [5.41, 5.74) is 1.20. The highest BCUT2D eigenvalue weighted by Gasteiger charge is 2.28. The first-order valence-corrected chi connectivity index (χ1v) is 7.56. The lowest BCUT2D eigenvalue weighted by Crippen LogP contribution is -2.41. The molecular weight excluding hydrogens is 268 g/mol. The van der Waals surface area contributed by atoms with Gasteiger partial charge in [-0.05, 0) is 44.5 Å². The van der Waals surface area contributed by atoms with Crippen LogP contribution in [0.4, 0.5) is 0 Å². The highest BCUT2D eigenvalue weighted by atomic mass is 16.7. The monoisotopic (exact) mass is 292 g/mol. The highest BCUT2D eigenvalue weighted by Crippen LogP contribution is 2.37. The number of piperidine rings is 1. The van der Waals surface area contributed by atoms with Gasteiger partial charge in [0.05, 0.1) is 0 Å². The molecule has 5 heteroatoms. The van der Waals surface area contributed by atoms with E-state index in [2.05, 4.69) is 24.2 Å². The number of phenolic OH excluding ortho intramolecular Hbond substituents is 1. The van der Waals surface area contributed by atoms with Crippen molar-refractivity contribution in [3.8, 4) is 17.2 Å². The zero-order valence-electron chi connectivity index (χ0n) is 12.8. The number of rotatable bonds is 4. The molecule has 21 heavy (non-hydrogen) atoms. The third kappa shape index (κ3) is 3.24. The van der Waals surface area contributed by atoms with Crippen molar-refractivity contribution in [3.63, 3.8) is 0 Å². The van der Waals surface area contributed by atoms with Crippen molar-refractivity contribution in [1.82, 2.24) is 10.2 Å². The predicted octanol–water partition coefficient (Wildman–Crippen LogP) is 1.94. The van der Waals surface area contributed by atoms with Gasteiger partial charge in [0.15, 0.2) is 11.5 Å². The van der Waals surface area contributed by atoms with Crippen LogP contribution in [0.25, 0.3) is 0 Å². The average Bonchev–Trinajstić information content (AvgIpc) is 2.90. The van der Waals surface area contributed by atoms with Gasteiger partial charge in [0, 0.05) is 24.7 Å². The number of fused-ring (bicyclic) bond motifs is 1. The van der Waals surface area contributed by atoms with Crippen molar-refractivity contribution in [2.45, 2.75) is 26.3 Å². The lowest BCUT2D eigenvalue weighted by atomic mass is 9.80. The molecule has 0 unspecified atom stereocenters. The molecule has 2 aliphatic heterocycles. The Balaban J connectivity index is 1.56. The Labute approximate surface area is 125 Å². The average molecular weight is 292 g/mol. The van der Waals surface area contributed by atoms with E-state index in [1.165, 1.54) is 12.8 Å². The smallest absolute Gasteiger partial charge is 0.231 e. The summed E-state index contributed by atoms with van der Waals surface area (Å²) in [4.78, 5) is 2.38. The fraction of sp³-hybridized carbons (Fsp3) is 0.625. The van der Waals surface area contributed by atoms with E-state index in [4.69, 9.17) is 9.47 Å². The summed E-state index contributed by atoms with van der Waals surface area (Å²) < 4.78 is 10.6. The quantitative estimate of drug-likeness (QED) is 0.888. The molecular formula is C16H24N2O3. The number of aromatic hydroxyl groups is 1. The van der Waals surface area contributed by atoms with E-state index in [1.807, 2.05) is 6.07 Å². The number of ether oxygens (including phenoxy) is 2. The van der Waals surface area contributed by atoms with Crippen molar-refractivity contribution in [2.24, 2.45) is 5.41 Å². The number of benzene rings is 1. The van der Waals surface area contributed by atoms with Crippen LogP contribution in [-0.2, 0) is 6.54 Å². The van der Waals surface area contributed by atoms with E-state index in [9.17, 15) is 5.11 Å². The summed E-state index contributed by atoms with van der Waals surface area (Å²) in [7, 11) is 2.18. The number of nitrogens with zero attached hydrogens (tertiary/aromatic N) is 1. The summed E-state index contributed by atoms with van der Waals surface area (Å²) in [6.07, 6.45) is 2.42. The maximum atomic E-state index is 10.0. The number of likely N-dealkylation sites (tertiary alicyclic amines) is 1. The van der Waals surface area contributed by atoms with Gasteiger partial charge in [-0.2, -0.15) is 0 Å². The molecule has 2 heterocycles. The lowest BCUT2D eigenvalue weighted by Gasteiger charge is -2.38. The summed E-state index contributed by atoms with van der Waals surface area (Å²) in [6, 6.07) is 3.50. The molecule has 2 aliphatic rings. The van der Waals surface area contributed by atoms with Gasteiger partial charge in [-0.25, -0.2) is 0 Å². The molecule has 5 nitrogen and oxygen atoms in total. The molecule has 0 spiro atoms. The Hall–Kier alpha value is -1.46. The Kier molecular flexibility index (Phi) is 3.95.